The molecule has 0 aliphatic carbocycles. The number of rotatable bonds is 36. The first kappa shape index (κ1) is 54.4. The molecule has 0 amide bonds. The summed E-state index contributed by atoms with van der Waals surface area (Å²) in [7, 11) is 0. The zero-order valence-corrected chi connectivity index (χ0v) is 37.6. The van der Waals surface area contributed by atoms with E-state index in [9.17, 15) is 29.4 Å². The normalized spacial score (nSPS) is 11.7. The van der Waals surface area contributed by atoms with Gasteiger partial charge < -0.3 is 19.8 Å². The Labute approximate surface area is 327 Å². The third-order valence-electron chi connectivity index (χ3n) is 9.66. The molecule has 2 atom stereocenters. The monoisotopic (exact) mass is 829 g/mol. The van der Waals surface area contributed by atoms with Gasteiger partial charge in [-0.05, 0) is 26.7 Å². The first-order valence-electron chi connectivity index (χ1n) is 21.7. The number of carbonyl (C=O) groups is 4. The Morgan fingerprint density at radius 3 is 0.804 bits per heavy atom. The molecule has 0 saturated carbocycles. The Bertz CT molecular complexity index is 681. The van der Waals surface area contributed by atoms with E-state index in [1.807, 2.05) is 0 Å². The van der Waals surface area contributed by atoms with Crippen LogP contribution in [0.4, 0.5) is 0 Å². The minimum atomic E-state index is -1.22. The molecule has 0 heterocycles. The number of carbonyl (C=O) groups excluding carboxylic acids is 4. The SMILES string of the molecule is CCCCCCCCCCC(C(C)=O)C(=O)[O-].CCCCCCCCCCC(C(C)=O)C(=O)[O-].CCCCCCC[CH2][Sn+2][CH2]CCCCCCC. The standard InChI is InChI=1S/2C14H26O3.2C8H17.Sn/c2*1-3-4-5-6-7-8-9-10-11-13(12(2)15)14(16)17;2*1-3-5-7-8-6-4-2;/h2*13H,3-11H2,1-2H3,(H,16,17);2*1,3-8H2,2H3;/q;;;;+2/p-2. The van der Waals surface area contributed by atoms with E-state index in [1.54, 1.807) is 21.7 Å². The summed E-state index contributed by atoms with van der Waals surface area (Å²) < 4.78 is 3.31. The van der Waals surface area contributed by atoms with Gasteiger partial charge >= 0.3 is 121 Å². The van der Waals surface area contributed by atoms with E-state index < -0.39 is 23.8 Å². The Balaban J connectivity index is -0.000000678. The van der Waals surface area contributed by atoms with Crippen LogP contribution in [0.3, 0.4) is 0 Å². The van der Waals surface area contributed by atoms with Gasteiger partial charge in [0.1, 0.15) is 11.6 Å². The first-order valence-corrected chi connectivity index (χ1v) is 25.8. The quantitative estimate of drug-likeness (QED) is 0.0353. The summed E-state index contributed by atoms with van der Waals surface area (Å²) in [6.45, 7) is 11.6. The van der Waals surface area contributed by atoms with E-state index in [2.05, 4.69) is 27.7 Å². The average Bonchev–Trinajstić information content (AvgIpc) is 3.09. The van der Waals surface area contributed by atoms with Gasteiger partial charge in [-0.3, -0.25) is 9.59 Å². The van der Waals surface area contributed by atoms with Crippen LogP contribution < -0.4 is 10.2 Å². The number of hydrogen-bond acceptors (Lipinski definition) is 6. The first-order chi connectivity index (χ1) is 24.6. The van der Waals surface area contributed by atoms with Crippen LogP contribution in [-0.2, 0) is 19.2 Å². The van der Waals surface area contributed by atoms with Crippen molar-refractivity contribution in [2.75, 3.05) is 0 Å². The summed E-state index contributed by atoms with van der Waals surface area (Å²) >= 11 is 0.0736. The van der Waals surface area contributed by atoms with Gasteiger partial charge in [0, 0.05) is 0 Å². The molecule has 0 aromatic heterocycles. The molecule has 2 unspecified atom stereocenters. The van der Waals surface area contributed by atoms with Crippen LogP contribution in [0.5, 0.6) is 0 Å². The van der Waals surface area contributed by atoms with Crippen LogP contribution in [0.25, 0.3) is 0 Å². The molecule has 300 valence electrons. The van der Waals surface area contributed by atoms with Crippen LogP contribution in [0, 0.1) is 11.8 Å². The molecule has 0 N–H and O–H groups in total. The van der Waals surface area contributed by atoms with Gasteiger partial charge in [0.2, 0.25) is 0 Å². The van der Waals surface area contributed by atoms with Crippen LogP contribution >= 0.6 is 0 Å². The fourth-order valence-corrected chi connectivity index (χ4v) is 9.69. The summed E-state index contributed by atoms with van der Waals surface area (Å²) in [4.78, 5) is 43.3. The number of hydrogen-bond donors (Lipinski definition) is 0. The Morgan fingerprint density at radius 1 is 0.373 bits per heavy atom. The van der Waals surface area contributed by atoms with Gasteiger partial charge in [0.05, 0.1) is 23.8 Å². The Hall–Kier alpha value is -0.921. The zero-order chi connectivity index (χ0) is 38.8. The molecule has 0 fully saturated rings. The van der Waals surface area contributed by atoms with Crippen molar-refractivity contribution in [3.63, 3.8) is 0 Å². The Kier molecular flexibility index (Phi) is 48.3. The second-order valence-electron chi connectivity index (χ2n) is 14.8. The number of ketones is 2. The predicted octanol–water partition coefficient (Wildman–Crippen LogP) is 11.2. The van der Waals surface area contributed by atoms with E-state index in [0.717, 1.165) is 38.5 Å². The number of carboxylic acids is 2. The van der Waals surface area contributed by atoms with Crippen LogP contribution in [0.15, 0.2) is 0 Å². The molecule has 51 heavy (non-hydrogen) atoms. The summed E-state index contributed by atoms with van der Waals surface area (Å²) in [6.07, 6.45) is 37.3. The van der Waals surface area contributed by atoms with Crippen LogP contribution in [0.2, 0.25) is 8.87 Å². The molecular weight excluding hydrogens is 743 g/mol. The third kappa shape index (κ3) is 45.2. The molecule has 0 aliphatic heterocycles. The average molecular weight is 828 g/mol. The van der Waals surface area contributed by atoms with Crippen LogP contribution in [-0.4, -0.2) is 44.6 Å². The number of Topliss-reactive ketones (excluding diaryl/α,β-unsaturated/α-hetero) is 2. The van der Waals surface area contributed by atoms with Gasteiger partial charge in [-0.25, -0.2) is 0 Å². The van der Waals surface area contributed by atoms with E-state index in [0.29, 0.717) is 12.8 Å². The van der Waals surface area contributed by atoms with E-state index in [-0.39, 0.29) is 32.7 Å². The predicted molar refractivity (Wildman–Crippen MR) is 215 cm³/mol. The molecule has 0 aliphatic rings. The molecule has 0 aromatic rings. The fraction of sp³-hybridized carbons (Fsp3) is 0.909. The molecule has 0 bridgehead atoms. The van der Waals surface area contributed by atoms with Crippen molar-refractivity contribution in [2.45, 2.75) is 243 Å². The molecule has 0 rings (SSSR count). The van der Waals surface area contributed by atoms with Gasteiger partial charge in [0.15, 0.2) is 0 Å². The van der Waals surface area contributed by atoms with Crippen molar-refractivity contribution >= 4 is 44.6 Å². The topological polar surface area (TPSA) is 114 Å². The molecule has 6 nitrogen and oxygen atoms in total. The Morgan fingerprint density at radius 2 is 0.588 bits per heavy atom. The minimum absolute atomic E-state index is 0.0736. The zero-order valence-electron chi connectivity index (χ0n) is 34.7. The number of carboxylic acid groups (broad SMARTS) is 2. The van der Waals surface area contributed by atoms with E-state index in [1.165, 1.54) is 142 Å². The van der Waals surface area contributed by atoms with Crippen molar-refractivity contribution < 1.29 is 29.4 Å². The van der Waals surface area contributed by atoms with Crippen molar-refractivity contribution in [1.82, 2.24) is 0 Å². The second-order valence-corrected chi connectivity index (χ2v) is 19.1. The van der Waals surface area contributed by atoms with Gasteiger partial charge in [-0.1, -0.05) is 117 Å². The van der Waals surface area contributed by atoms with E-state index in [4.69, 9.17) is 0 Å². The molecule has 0 spiro atoms. The van der Waals surface area contributed by atoms with Crippen molar-refractivity contribution in [1.29, 1.82) is 0 Å². The molecule has 7 heteroatoms. The molecular formula is C44H84O6Sn. The van der Waals surface area contributed by atoms with Crippen molar-refractivity contribution in [3.8, 4) is 0 Å². The second kappa shape index (κ2) is 45.2. The molecule has 0 saturated heterocycles. The molecule has 0 radical (unpaired) electrons. The molecule has 0 aromatic carbocycles. The summed E-state index contributed by atoms with van der Waals surface area (Å²) in [5.41, 5.74) is 0. The van der Waals surface area contributed by atoms with Gasteiger partial charge in [0.25, 0.3) is 0 Å². The van der Waals surface area contributed by atoms with E-state index >= 15 is 0 Å². The van der Waals surface area contributed by atoms with Crippen LogP contribution in [0.1, 0.15) is 234 Å². The number of aliphatic carboxylic acids is 2. The summed E-state index contributed by atoms with van der Waals surface area (Å²) in [5.74, 6) is -4.80. The maximum atomic E-state index is 11.0. The van der Waals surface area contributed by atoms with Crippen molar-refractivity contribution in [3.05, 3.63) is 0 Å². The number of unbranched alkanes of at least 4 members (excludes halogenated alkanes) is 24. The van der Waals surface area contributed by atoms with Crippen molar-refractivity contribution in [2.24, 2.45) is 11.8 Å². The fourth-order valence-electron chi connectivity index (χ4n) is 6.12. The third-order valence-corrected chi connectivity index (χ3v) is 13.7. The summed E-state index contributed by atoms with van der Waals surface area (Å²) in [5, 5.41) is 21.3. The van der Waals surface area contributed by atoms with Gasteiger partial charge in [-0.2, -0.15) is 0 Å². The maximum absolute atomic E-state index is 11.0. The summed E-state index contributed by atoms with van der Waals surface area (Å²) in [6, 6.07) is 0. The van der Waals surface area contributed by atoms with Gasteiger partial charge in [-0.15, -0.1) is 0 Å².